The topological polar surface area (TPSA) is 86.8 Å². The Morgan fingerprint density at radius 3 is 2.12 bits per heavy atom. The zero-order chi connectivity index (χ0) is 25.6. The van der Waals surface area contributed by atoms with E-state index in [1.807, 2.05) is 13.8 Å². The second-order valence-electron chi connectivity index (χ2n) is 8.04. The molecule has 7 nitrogen and oxygen atoms in total. The van der Waals surface area contributed by atoms with Gasteiger partial charge < -0.3 is 10.2 Å². The standard InChI is InChI=1S/C23H28Cl2FN3O4S/c1-5-15(2)27-23(31)16(3)28(13-17-6-8-20(26)9-7-17)22(30)14-29(34(4,32)33)21-11-18(24)10-19(25)12-21/h6-12,15-16H,5,13-14H2,1-4H3,(H,27,31)/t15-,16-/m0/s1. The van der Waals surface area contributed by atoms with Crippen molar-refractivity contribution in [3.05, 3.63) is 63.9 Å². The molecule has 2 rings (SSSR count). The van der Waals surface area contributed by atoms with Crippen LogP contribution in [0.1, 0.15) is 32.8 Å². The number of benzene rings is 2. The normalized spacial score (nSPS) is 13.1. The minimum Gasteiger partial charge on any atom is -0.352 e. The Balaban J connectivity index is 2.41. The van der Waals surface area contributed by atoms with Crippen LogP contribution in [0, 0.1) is 5.82 Å². The lowest BCUT2D eigenvalue weighted by molar-refractivity contribution is -0.139. The minimum atomic E-state index is -3.91. The summed E-state index contributed by atoms with van der Waals surface area (Å²) < 4.78 is 39.3. The Labute approximate surface area is 209 Å². The number of hydrogen-bond acceptors (Lipinski definition) is 4. The maximum absolute atomic E-state index is 13.4. The molecule has 1 N–H and O–H groups in total. The number of carbonyl (C=O) groups excluding carboxylic acids is 2. The summed E-state index contributed by atoms with van der Waals surface area (Å²) in [5.74, 6) is -1.45. The zero-order valence-electron chi connectivity index (χ0n) is 19.4. The molecular weight excluding hydrogens is 504 g/mol. The highest BCUT2D eigenvalue weighted by atomic mass is 35.5. The summed E-state index contributed by atoms with van der Waals surface area (Å²) in [6.07, 6.45) is 1.65. The summed E-state index contributed by atoms with van der Waals surface area (Å²) in [6.45, 7) is 4.70. The number of nitrogens with one attached hydrogen (secondary N) is 1. The fraction of sp³-hybridized carbons (Fsp3) is 0.391. The van der Waals surface area contributed by atoms with E-state index in [4.69, 9.17) is 23.2 Å². The smallest absolute Gasteiger partial charge is 0.244 e. The second-order valence-corrected chi connectivity index (χ2v) is 10.8. The van der Waals surface area contributed by atoms with Crippen LogP contribution in [0.4, 0.5) is 10.1 Å². The van der Waals surface area contributed by atoms with Crippen molar-refractivity contribution in [1.29, 1.82) is 0 Å². The lowest BCUT2D eigenvalue weighted by atomic mass is 10.1. The number of hydrogen-bond donors (Lipinski definition) is 1. The van der Waals surface area contributed by atoms with Crippen molar-refractivity contribution >= 4 is 50.7 Å². The van der Waals surface area contributed by atoms with Crippen LogP contribution >= 0.6 is 23.2 Å². The molecule has 2 aromatic carbocycles. The Morgan fingerprint density at radius 2 is 1.62 bits per heavy atom. The maximum Gasteiger partial charge on any atom is 0.244 e. The monoisotopic (exact) mass is 531 g/mol. The first-order valence-electron chi connectivity index (χ1n) is 10.6. The number of halogens is 3. The predicted octanol–water partition coefficient (Wildman–Crippen LogP) is 4.23. The number of anilines is 1. The van der Waals surface area contributed by atoms with Gasteiger partial charge in [0.1, 0.15) is 18.4 Å². The Bertz CT molecular complexity index is 1110. The van der Waals surface area contributed by atoms with Gasteiger partial charge in [-0.05, 0) is 56.2 Å². The van der Waals surface area contributed by atoms with Crippen LogP contribution in [-0.4, -0.2) is 50.0 Å². The molecule has 0 fully saturated rings. The molecule has 0 aliphatic heterocycles. The molecule has 0 spiro atoms. The van der Waals surface area contributed by atoms with Gasteiger partial charge in [-0.1, -0.05) is 42.3 Å². The molecule has 2 atom stereocenters. The van der Waals surface area contributed by atoms with Gasteiger partial charge in [0.15, 0.2) is 0 Å². The van der Waals surface area contributed by atoms with Gasteiger partial charge in [0, 0.05) is 22.6 Å². The maximum atomic E-state index is 13.4. The summed E-state index contributed by atoms with van der Waals surface area (Å²) in [6, 6.07) is 8.67. The quantitative estimate of drug-likeness (QED) is 0.496. The van der Waals surface area contributed by atoms with Crippen molar-refractivity contribution in [2.24, 2.45) is 0 Å². The van der Waals surface area contributed by atoms with Crippen molar-refractivity contribution in [3.63, 3.8) is 0 Å². The Morgan fingerprint density at radius 1 is 1.06 bits per heavy atom. The number of sulfonamides is 1. The molecule has 34 heavy (non-hydrogen) atoms. The van der Waals surface area contributed by atoms with Crippen LogP contribution < -0.4 is 9.62 Å². The molecule has 0 aromatic heterocycles. The third-order valence-corrected chi connectivity index (χ3v) is 6.83. The molecule has 0 aliphatic carbocycles. The van der Waals surface area contributed by atoms with E-state index in [0.717, 1.165) is 10.6 Å². The third-order valence-electron chi connectivity index (χ3n) is 5.25. The number of amides is 2. The van der Waals surface area contributed by atoms with Crippen LogP contribution in [0.25, 0.3) is 0 Å². The first-order valence-corrected chi connectivity index (χ1v) is 13.2. The predicted molar refractivity (Wildman–Crippen MR) is 133 cm³/mol. The average Bonchev–Trinajstić information content (AvgIpc) is 2.74. The Hall–Kier alpha value is -2.36. The van der Waals surface area contributed by atoms with Gasteiger partial charge in [-0.3, -0.25) is 13.9 Å². The van der Waals surface area contributed by atoms with Crippen molar-refractivity contribution in [2.45, 2.75) is 45.8 Å². The van der Waals surface area contributed by atoms with Gasteiger partial charge in [-0.2, -0.15) is 0 Å². The van der Waals surface area contributed by atoms with Gasteiger partial charge in [0.25, 0.3) is 0 Å². The first-order chi connectivity index (χ1) is 15.8. The van der Waals surface area contributed by atoms with E-state index in [9.17, 15) is 22.4 Å². The van der Waals surface area contributed by atoms with Crippen molar-refractivity contribution in [1.82, 2.24) is 10.2 Å². The van der Waals surface area contributed by atoms with Crippen molar-refractivity contribution < 1.29 is 22.4 Å². The molecule has 0 radical (unpaired) electrons. The molecule has 2 aromatic rings. The first kappa shape index (κ1) is 27.9. The highest BCUT2D eigenvalue weighted by molar-refractivity contribution is 7.92. The molecule has 11 heteroatoms. The van der Waals surface area contributed by atoms with Crippen molar-refractivity contribution in [2.75, 3.05) is 17.1 Å². The second kappa shape index (κ2) is 11.9. The number of nitrogens with zero attached hydrogens (tertiary/aromatic N) is 2. The highest BCUT2D eigenvalue weighted by Gasteiger charge is 2.30. The summed E-state index contributed by atoms with van der Waals surface area (Å²) >= 11 is 12.1. The van der Waals surface area contributed by atoms with Gasteiger partial charge in [0.05, 0.1) is 11.9 Å². The summed E-state index contributed by atoms with van der Waals surface area (Å²) in [4.78, 5) is 27.5. The van der Waals surface area contributed by atoms with Gasteiger partial charge in [-0.25, -0.2) is 12.8 Å². The summed E-state index contributed by atoms with van der Waals surface area (Å²) in [7, 11) is -3.91. The van der Waals surface area contributed by atoms with E-state index in [-0.39, 0.29) is 34.2 Å². The SMILES string of the molecule is CC[C@H](C)NC(=O)[C@H](C)N(Cc1ccc(F)cc1)C(=O)CN(c1cc(Cl)cc(Cl)c1)S(C)(=O)=O. The number of rotatable bonds is 10. The molecular formula is C23H28Cl2FN3O4S. The summed E-state index contributed by atoms with van der Waals surface area (Å²) in [5.41, 5.74) is 0.696. The molecule has 0 unspecified atom stereocenters. The molecule has 2 amide bonds. The lowest BCUT2D eigenvalue weighted by Crippen LogP contribution is -2.52. The van der Waals surface area contributed by atoms with Crippen molar-refractivity contribution in [3.8, 4) is 0 Å². The molecule has 0 saturated heterocycles. The third kappa shape index (κ3) is 7.85. The van der Waals surface area contributed by atoms with Gasteiger partial charge >= 0.3 is 0 Å². The van der Waals surface area contributed by atoms with Gasteiger partial charge in [0.2, 0.25) is 21.8 Å². The van der Waals surface area contributed by atoms with Crippen LogP contribution in [0.5, 0.6) is 0 Å². The van der Waals surface area contributed by atoms with E-state index < -0.39 is 34.3 Å². The lowest BCUT2D eigenvalue weighted by Gasteiger charge is -2.32. The van der Waals surface area contributed by atoms with Crippen LogP contribution in [0.15, 0.2) is 42.5 Å². The Kier molecular flexibility index (Phi) is 9.73. The largest absolute Gasteiger partial charge is 0.352 e. The number of carbonyl (C=O) groups is 2. The van der Waals surface area contributed by atoms with E-state index in [2.05, 4.69) is 5.32 Å². The fourth-order valence-corrected chi connectivity index (χ4v) is 4.48. The molecule has 186 valence electrons. The minimum absolute atomic E-state index is 0.0257. The van der Waals surface area contributed by atoms with E-state index in [0.29, 0.717) is 12.0 Å². The molecule has 0 saturated carbocycles. The average molecular weight is 532 g/mol. The van der Waals surface area contributed by atoms with Crippen LogP contribution in [0.3, 0.4) is 0 Å². The van der Waals surface area contributed by atoms with E-state index in [1.54, 1.807) is 6.92 Å². The van der Waals surface area contributed by atoms with E-state index >= 15 is 0 Å². The zero-order valence-corrected chi connectivity index (χ0v) is 21.7. The van der Waals surface area contributed by atoms with Crippen LogP contribution in [-0.2, 0) is 26.2 Å². The van der Waals surface area contributed by atoms with Gasteiger partial charge in [-0.15, -0.1) is 0 Å². The molecule has 0 aliphatic rings. The summed E-state index contributed by atoms with van der Waals surface area (Å²) in [5, 5.41) is 3.23. The molecule has 0 heterocycles. The molecule has 0 bridgehead atoms. The van der Waals surface area contributed by atoms with E-state index in [1.165, 1.54) is 47.4 Å². The van der Waals surface area contributed by atoms with Crippen LogP contribution in [0.2, 0.25) is 10.0 Å². The highest BCUT2D eigenvalue weighted by Crippen LogP contribution is 2.27. The fourth-order valence-electron chi connectivity index (χ4n) is 3.13.